The van der Waals surface area contributed by atoms with Crippen molar-refractivity contribution < 1.29 is 44.3 Å². The van der Waals surface area contributed by atoms with Crippen LogP contribution in [0.2, 0.25) is 0 Å². The summed E-state index contributed by atoms with van der Waals surface area (Å²) in [4.78, 5) is 11.9. The third-order valence-corrected chi connectivity index (χ3v) is 7.49. The molecule has 1 saturated carbocycles. The van der Waals surface area contributed by atoms with E-state index < -0.39 is 38.9 Å². The van der Waals surface area contributed by atoms with E-state index in [0.29, 0.717) is 6.42 Å². The van der Waals surface area contributed by atoms with Crippen molar-refractivity contribution in [1.29, 1.82) is 0 Å². The number of Topliss-reactive ketones (excluding diaryl/α,β-unsaturated/α-hetero) is 1. The predicted octanol–water partition coefficient (Wildman–Crippen LogP) is 5.82. The zero-order chi connectivity index (χ0) is 23.7. The zero-order valence-electron chi connectivity index (χ0n) is 16.4. The van der Waals surface area contributed by atoms with Crippen LogP contribution in [0, 0.1) is 5.92 Å². The molecule has 0 spiro atoms. The molecule has 0 bridgehead atoms. The maximum atomic E-state index is 12.7. The van der Waals surface area contributed by atoms with E-state index in [0.717, 1.165) is 42.5 Å². The van der Waals surface area contributed by atoms with Gasteiger partial charge in [-0.2, -0.15) is 13.2 Å². The Kier molecular flexibility index (Phi) is 6.60. The van der Waals surface area contributed by atoms with Crippen LogP contribution in [0.5, 0.6) is 5.75 Å². The van der Waals surface area contributed by atoms with Gasteiger partial charge in [0.05, 0.1) is 15.7 Å². The summed E-state index contributed by atoms with van der Waals surface area (Å²) in [5, 5.41) is -0.783. The van der Waals surface area contributed by atoms with Gasteiger partial charge in [0.2, 0.25) is 0 Å². The van der Waals surface area contributed by atoms with Crippen LogP contribution in [-0.2, 0) is 16.0 Å². The second-order valence-electron chi connectivity index (χ2n) is 7.56. The summed E-state index contributed by atoms with van der Waals surface area (Å²) < 4.78 is 104. The lowest BCUT2D eigenvalue weighted by atomic mass is 9.80. The van der Waals surface area contributed by atoms with Crippen LogP contribution < -0.4 is 4.74 Å². The molecule has 0 heterocycles. The fourth-order valence-electron chi connectivity index (χ4n) is 3.53. The highest BCUT2D eigenvalue weighted by atomic mass is 32.2. The second kappa shape index (κ2) is 8.76. The third-order valence-electron chi connectivity index (χ3n) is 5.31. The van der Waals surface area contributed by atoms with Crippen LogP contribution in [-0.4, -0.2) is 25.8 Å². The molecule has 1 aliphatic carbocycles. The van der Waals surface area contributed by atoms with Gasteiger partial charge in [0, 0.05) is 12.0 Å². The van der Waals surface area contributed by atoms with E-state index in [2.05, 4.69) is 4.74 Å². The number of alkyl halides is 6. The summed E-state index contributed by atoms with van der Waals surface area (Å²) in [6.45, 7) is 0. The molecule has 0 aromatic heterocycles. The first-order valence-corrected chi connectivity index (χ1v) is 11.1. The lowest BCUT2D eigenvalue weighted by Crippen LogP contribution is -2.36. The Morgan fingerprint density at radius 2 is 1.59 bits per heavy atom. The van der Waals surface area contributed by atoms with E-state index in [-0.39, 0.29) is 41.4 Å². The van der Waals surface area contributed by atoms with Crippen molar-refractivity contribution in [1.82, 2.24) is 0 Å². The summed E-state index contributed by atoms with van der Waals surface area (Å²) >= 11 is 0. The largest absolute Gasteiger partial charge is 0.573 e. The number of carbonyl (C=O) groups excluding carboxylic acids is 1. The second-order valence-corrected chi connectivity index (χ2v) is 9.79. The SMILES string of the molecule is O=C(CCC1CC(S(=O)(=O)c2cccc(OC(F)(F)F)c2)C1)c1ccc(C(F)(F)F)cc1. The molecule has 0 radical (unpaired) electrons. The first-order valence-electron chi connectivity index (χ1n) is 9.56. The molecule has 32 heavy (non-hydrogen) atoms. The Labute approximate surface area is 180 Å². The number of ketones is 1. The van der Waals surface area contributed by atoms with Crippen LogP contribution in [0.1, 0.15) is 41.6 Å². The standard InChI is InChI=1S/C21H18F6O4S/c22-20(23,24)15-7-5-14(6-8-15)19(28)9-4-13-10-18(11-13)32(29,30)17-3-1-2-16(12-17)31-21(25,26)27/h1-3,5-8,12-13,18H,4,9-11H2. The molecule has 0 amide bonds. The highest BCUT2D eigenvalue weighted by Crippen LogP contribution is 2.40. The minimum absolute atomic E-state index is 0.0533. The number of halogens is 6. The smallest absolute Gasteiger partial charge is 0.406 e. The lowest BCUT2D eigenvalue weighted by Gasteiger charge is -2.34. The monoisotopic (exact) mass is 480 g/mol. The van der Waals surface area contributed by atoms with Gasteiger partial charge in [0.25, 0.3) is 0 Å². The van der Waals surface area contributed by atoms with E-state index in [1.165, 1.54) is 6.07 Å². The van der Waals surface area contributed by atoms with E-state index >= 15 is 0 Å². The van der Waals surface area contributed by atoms with Crippen molar-refractivity contribution in [2.24, 2.45) is 5.92 Å². The normalized spacial score (nSPS) is 19.3. The van der Waals surface area contributed by atoms with Gasteiger partial charge in [-0.1, -0.05) is 18.2 Å². The lowest BCUT2D eigenvalue weighted by molar-refractivity contribution is -0.274. The topological polar surface area (TPSA) is 60.4 Å². The zero-order valence-corrected chi connectivity index (χ0v) is 17.2. The minimum atomic E-state index is -4.94. The third kappa shape index (κ3) is 5.81. The Bertz CT molecular complexity index is 1070. The first-order chi connectivity index (χ1) is 14.8. The van der Waals surface area contributed by atoms with Crippen LogP contribution in [0.4, 0.5) is 26.3 Å². The number of sulfone groups is 1. The molecule has 2 aromatic carbocycles. The van der Waals surface area contributed by atoms with E-state index in [1.54, 1.807) is 0 Å². The van der Waals surface area contributed by atoms with Crippen molar-refractivity contribution in [2.45, 2.75) is 48.4 Å². The molecule has 174 valence electrons. The predicted molar refractivity (Wildman–Crippen MR) is 102 cm³/mol. The van der Waals surface area contributed by atoms with Gasteiger partial charge in [0.15, 0.2) is 15.6 Å². The number of carbonyl (C=O) groups is 1. The van der Waals surface area contributed by atoms with Gasteiger partial charge in [-0.05, 0) is 55.5 Å². The van der Waals surface area contributed by atoms with Crippen LogP contribution in [0.15, 0.2) is 53.4 Å². The molecule has 2 aromatic rings. The van der Waals surface area contributed by atoms with Crippen molar-refractivity contribution in [3.8, 4) is 5.75 Å². The average molecular weight is 480 g/mol. The molecule has 0 N–H and O–H groups in total. The molecular weight excluding hydrogens is 462 g/mol. The molecule has 3 rings (SSSR count). The van der Waals surface area contributed by atoms with Gasteiger partial charge in [-0.25, -0.2) is 8.42 Å². The van der Waals surface area contributed by atoms with Crippen molar-refractivity contribution >= 4 is 15.6 Å². The number of ether oxygens (including phenoxy) is 1. The van der Waals surface area contributed by atoms with E-state index in [9.17, 15) is 39.6 Å². The quantitative estimate of drug-likeness (QED) is 0.370. The summed E-state index contributed by atoms with van der Waals surface area (Å²) in [7, 11) is -3.86. The highest BCUT2D eigenvalue weighted by Gasteiger charge is 2.40. The Balaban J connectivity index is 1.53. The van der Waals surface area contributed by atoms with Crippen LogP contribution in [0.25, 0.3) is 0 Å². The Morgan fingerprint density at radius 3 is 2.16 bits per heavy atom. The fourth-order valence-corrected chi connectivity index (χ4v) is 5.51. The molecule has 1 fully saturated rings. The summed E-state index contributed by atoms with van der Waals surface area (Å²) in [5.41, 5.74) is -0.714. The molecule has 0 unspecified atom stereocenters. The summed E-state index contributed by atoms with van der Waals surface area (Å²) in [5.74, 6) is -1.05. The molecule has 1 aliphatic rings. The first kappa shape index (κ1) is 24.1. The fraction of sp³-hybridized carbons (Fsp3) is 0.381. The molecule has 0 atom stereocenters. The van der Waals surface area contributed by atoms with Gasteiger partial charge < -0.3 is 4.74 Å². The van der Waals surface area contributed by atoms with Gasteiger partial charge in [-0.15, -0.1) is 13.2 Å². The Morgan fingerprint density at radius 1 is 0.969 bits per heavy atom. The molecular formula is C21H18F6O4S. The Hall–Kier alpha value is -2.56. The van der Waals surface area contributed by atoms with Crippen molar-refractivity contribution in [3.05, 3.63) is 59.7 Å². The van der Waals surface area contributed by atoms with Gasteiger partial charge in [-0.3, -0.25) is 4.79 Å². The summed E-state index contributed by atoms with van der Waals surface area (Å²) in [6, 6.07) is 8.05. The van der Waals surface area contributed by atoms with Crippen LogP contribution >= 0.6 is 0 Å². The molecule has 0 saturated heterocycles. The molecule has 4 nitrogen and oxygen atoms in total. The maximum absolute atomic E-state index is 12.7. The highest BCUT2D eigenvalue weighted by molar-refractivity contribution is 7.92. The number of hydrogen-bond donors (Lipinski definition) is 0. The van der Waals surface area contributed by atoms with Crippen molar-refractivity contribution in [3.63, 3.8) is 0 Å². The summed E-state index contributed by atoms with van der Waals surface area (Å²) in [6.07, 6.45) is -8.53. The van der Waals surface area contributed by atoms with E-state index in [4.69, 9.17) is 0 Å². The number of hydrogen-bond acceptors (Lipinski definition) is 4. The van der Waals surface area contributed by atoms with Gasteiger partial charge in [0.1, 0.15) is 5.75 Å². The van der Waals surface area contributed by atoms with E-state index in [1.807, 2.05) is 0 Å². The maximum Gasteiger partial charge on any atom is 0.573 e. The van der Waals surface area contributed by atoms with Crippen LogP contribution in [0.3, 0.4) is 0 Å². The molecule has 11 heteroatoms. The van der Waals surface area contributed by atoms with Crippen molar-refractivity contribution in [2.75, 3.05) is 0 Å². The number of rotatable bonds is 7. The molecule has 0 aliphatic heterocycles. The average Bonchev–Trinajstić information content (AvgIpc) is 2.64. The van der Waals surface area contributed by atoms with Gasteiger partial charge >= 0.3 is 12.5 Å². The number of benzene rings is 2. The minimum Gasteiger partial charge on any atom is -0.406 e.